The second kappa shape index (κ2) is 5.62. The number of nitrogens with two attached hydrogens (primary N) is 1. The number of carbonyl (C=O) groups is 2. The van der Waals surface area contributed by atoms with Crippen LogP contribution in [0.4, 0.5) is 5.69 Å². The molecule has 1 fully saturated rings. The van der Waals surface area contributed by atoms with Crippen LogP contribution in [0.1, 0.15) is 36.4 Å². The highest BCUT2D eigenvalue weighted by atomic mass is 16.6. The number of carboxylic acid groups (broad SMARTS) is 1. The third-order valence-electron chi connectivity index (χ3n) is 4.62. The molecule has 0 radical (unpaired) electrons. The molecule has 3 atom stereocenters. The molecule has 1 aromatic carbocycles. The van der Waals surface area contributed by atoms with Gasteiger partial charge in [-0.1, -0.05) is 6.07 Å². The Morgan fingerprint density at radius 1 is 1.39 bits per heavy atom. The molecular formula is C15H17N3O5. The number of piperidine rings is 1. The van der Waals surface area contributed by atoms with Gasteiger partial charge in [0.15, 0.2) is 0 Å². The Morgan fingerprint density at radius 3 is 2.78 bits per heavy atom. The van der Waals surface area contributed by atoms with E-state index in [-0.39, 0.29) is 12.1 Å². The molecule has 2 heterocycles. The lowest BCUT2D eigenvalue weighted by Gasteiger charge is -2.40. The summed E-state index contributed by atoms with van der Waals surface area (Å²) < 4.78 is 0. The molecule has 122 valence electrons. The lowest BCUT2D eigenvalue weighted by Crippen LogP contribution is -2.53. The van der Waals surface area contributed by atoms with Gasteiger partial charge in [-0.05, 0) is 36.8 Å². The van der Waals surface area contributed by atoms with E-state index in [1.165, 1.54) is 17.0 Å². The van der Waals surface area contributed by atoms with E-state index in [4.69, 9.17) is 5.73 Å². The predicted molar refractivity (Wildman–Crippen MR) is 79.6 cm³/mol. The van der Waals surface area contributed by atoms with Crippen LogP contribution in [0.2, 0.25) is 0 Å². The molecular weight excluding hydrogens is 302 g/mol. The van der Waals surface area contributed by atoms with Crippen LogP contribution in [0.15, 0.2) is 18.2 Å². The highest BCUT2D eigenvalue weighted by Crippen LogP contribution is 2.40. The third-order valence-corrected chi connectivity index (χ3v) is 4.62. The highest BCUT2D eigenvalue weighted by molar-refractivity contribution is 5.88. The molecule has 1 aromatic rings. The lowest BCUT2D eigenvalue weighted by atomic mass is 9.89. The van der Waals surface area contributed by atoms with Crippen molar-refractivity contribution in [2.24, 2.45) is 5.73 Å². The van der Waals surface area contributed by atoms with Gasteiger partial charge in [0, 0.05) is 12.1 Å². The Hall–Kier alpha value is -2.48. The maximum absolute atomic E-state index is 12.6. The van der Waals surface area contributed by atoms with Crippen molar-refractivity contribution in [3.05, 3.63) is 39.4 Å². The summed E-state index contributed by atoms with van der Waals surface area (Å²) in [6.45, 7) is 0. The second-order valence-corrected chi connectivity index (χ2v) is 6.00. The van der Waals surface area contributed by atoms with Crippen molar-refractivity contribution in [2.75, 3.05) is 0 Å². The van der Waals surface area contributed by atoms with Crippen LogP contribution in [0, 0.1) is 10.1 Å². The van der Waals surface area contributed by atoms with Gasteiger partial charge >= 0.3 is 5.97 Å². The average Bonchev–Trinajstić information content (AvgIpc) is 2.62. The summed E-state index contributed by atoms with van der Waals surface area (Å²) in [5, 5.41) is 20.5. The van der Waals surface area contributed by atoms with Crippen molar-refractivity contribution in [2.45, 2.75) is 43.8 Å². The maximum atomic E-state index is 12.6. The normalized spacial score (nSPS) is 26.9. The van der Waals surface area contributed by atoms with E-state index in [0.717, 1.165) is 5.56 Å². The van der Waals surface area contributed by atoms with Gasteiger partial charge in [0.05, 0.1) is 17.0 Å². The fourth-order valence-electron chi connectivity index (χ4n) is 3.56. The number of fused-ring (bicyclic) bond motifs is 3. The van der Waals surface area contributed by atoms with Crippen molar-refractivity contribution < 1.29 is 19.6 Å². The van der Waals surface area contributed by atoms with Crippen molar-refractivity contribution in [3.63, 3.8) is 0 Å². The van der Waals surface area contributed by atoms with E-state index in [9.17, 15) is 24.8 Å². The number of non-ortho nitro benzene ring substituents is 1. The molecule has 3 rings (SSSR count). The number of nitro benzene ring substituents is 1. The molecule has 23 heavy (non-hydrogen) atoms. The molecule has 0 bridgehead atoms. The van der Waals surface area contributed by atoms with Crippen LogP contribution in [0.3, 0.4) is 0 Å². The standard InChI is InChI=1S/C15H17N3O5/c16-11-6-8-4-5-9(18(22)23)7-10(8)12-2-1-3-13(15(20)21)17(12)14(11)19/h4-5,7,11-13H,1-3,6,16H2,(H,20,21)/t11-,12+,13-/m0/s1. The maximum Gasteiger partial charge on any atom is 0.326 e. The summed E-state index contributed by atoms with van der Waals surface area (Å²) in [5.41, 5.74) is 7.29. The molecule has 8 nitrogen and oxygen atoms in total. The summed E-state index contributed by atoms with van der Waals surface area (Å²) in [6.07, 6.45) is 1.85. The van der Waals surface area contributed by atoms with Gasteiger partial charge in [0.25, 0.3) is 5.69 Å². The molecule has 0 spiro atoms. The topological polar surface area (TPSA) is 127 Å². The number of amides is 1. The van der Waals surface area contributed by atoms with E-state index in [2.05, 4.69) is 0 Å². The molecule has 0 aliphatic carbocycles. The van der Waals surface area contributed by atoms with Gasteiger partial charge in [-0.15, -0.1) is 0 Å². The highest BCUT2D eigenvalue weighted by Gasteiger charge is 2.43. The number of rotatable bonds is 2. The van der Waals surface area contributed by atoms with Crippen LogP contribution in [0.5, 0.6) is 0 Å². The van der Waals surface area contributed by atoms with Crippen molar-refractivity contribution in [1.29, 1.82) is 0 Å². The summed E-state index contributed by atoms with van der Waals surface area (Å²) in [7, 11) is 0. The van der Waals surface area contributed by atoms with Gasteiger partial charge in [-0.25, -0.2) is 4.79 Å². The van der Waals surface area contributed by atoms with Crippen LogP contribution < -0.4 is 5.73 Å². The van der Waals surface area contributed by atoms with E-state index in [1.807, 2.05) is 0 Å². The number of hydrogen-bond acceptors (Lipinski definition) is 5. The zero-order valence-electron chi connectivity index (χ0n) is 12.3. The minimum atomic E-state index is -1.07. The summed E-state index contributed by atoms with van der Waals surface area (Å²) in [5.74, 6) is -1.47. The molecule has 1 saturated heterocycles. The number of nitrogens with zero attached hydrogens (tertiary/aromatic N) is 2. The minimum Gasteiger partial charge on any atom is -0.480 e. The zero-order valence-corrected chi connectivity index (χ0v) is 12.3. The Morgan fingerprint density at radius 2 is 2.13 bits per heavy atom. The SMILES string of the molecule is N[C@H]1Cc2ccc([N+](=O)[O-])cc2[C@H]2CCC[C@@H](C(=O)O)N2C1=O. The smallest absolute Gasteiger partial charge is 0.326 e. The summed E-state index contributed by atoms with van der Waals surface area (Å²) in [6, 6.07) is 2.22. The van der Waals surface area contributed by atoms with E-state index >= 15 is 0 Å². The first-order valence-corrected chi connectivity index (χ1v) is 7.48. The zero-order chi connectivity index (χ0) is 16.7. The number of nitro groups is 1. The molecule has 0 saturated carbocycles. The Bertz CT molecular complexity index is 690. The van der Waals surface area contributed by atoms with Gasteiger partial charge in [0.1, 0.15) is 6.04 Å². The molecule has 1 amide bonds. The Kier molecular flexibility index (Phi) is 3.77. The quantitative estimate of drug-likeness (QED) is 0.618. The van der Waals surface area contributed by atoms with Crippen LogP contribution >= 0.6 is 0 Å². The number of carbonyl (C=O) groups excluding carboxylic acids is 1. The minimum absolute atomic E-state index is 0.0657. The first-order valence-electron chi connectivity index (χ1n) is 7.48. The number of benzene rings is 1. The van der Waals surface area contributed by atoms with Gasteiger partial charge in [-0.2, -0.15) is 0 Å². The number of aliphatic carboxylic acids is 1. The fraction of sp³-hybridized carbons (Fsp3) is 0.467. The van der Waals surface area contributed by atoms with Gasteiger partial charge < -0.3 is 15.7 Å². The Balaban J connectivity index is 2.13. The molecule has 0 unspecified atom stereocenters. The number of hydrogen-bond donors (Lipinski definition) is 2. The summed E-state index contributed by atoms with van der Waals surface area (Å²) in [4.78, 5) is 36.0. The van der Waals surface area contributed by atoms with E-state index in [1.54, 1.807) is 6.07 Å². The third kappa shape index (κ3) is 2.55. The molecule has 0 aromatic heterocycles. The molecule has 8 heteroatoms. The monoisotopic (exact) mass is 319 g/mol. The van der Waals surface area contributed by atoms with Crippen LogP contribution in [-0.4, -0.2) is 38.9 Å². The van der Waals surface area contributed by atoms with E-state index in [0.29, 0.717) is 24.8 Å². The molecule has 2 aliphatic rings. The van der Waals surface area contributed by atoms with Gasteiger partial charge in [0.2, 0.25) is 5.91 Å². The fourth-order valence-corrected chi connectivity index (χ4v) is 3.56. The first kappa shape index (κ1) is 15.4. The largest absolute Gasteiger partial charge is 0.480 e. The second-order valence-electron chi connectivity index (χ2n) is 6.00. The van der Waals surface area contributed by atoms with Gasteiger partial charge in [-0.3, -0.25) is 14.9 Å². The molecule has 2 aliphatic heterocycles. The lowest BCUT2D eigenvalue weighted by molar-refractivity contribution is -0.385. The van der Waals surface area contributed by atoms with Crippen molar-refractivity contribution in [1.82, 2.24) is 4.90 Å². The van der Waals surface area contributed by atoms with E-state index < -0.39 is 34.9 Å². The van der Waals surface area contributed by atoms with Crippen LogP contribution in [-0.2, 0) is 16.0 Å². The Labute approximate surface area is 132 Å². The number of carboxylic acids is 1. The average molecular weight is 319 g/mol. The van der Waals surface area contributed by atoms with Crippen LogP contribution in [0.25, 0.3) is 0 Å². The predicted octanol–water partition coefficient (Wildman–Crippen LogP) is 0.985. The summed E-state index contributed by atoms with van der Waals surface area (Å²) >= 11 is 0. The first-order chi connectivity index (χ1) is 10.9. The van der Waals surface area contributed by atoms with Crippen molar-refractivity contribution in [3.8, 4) is 0 Å². The van der Waals surface area contributed by atoms with Crippen molar-refractivity contribution >= 4 is 17.6 Å². The molecule has 3 N–H and O–H groups in total.